The lowest BCUT2D eigenvalue weighted by Crippen LogP contribution is -2.60. The largest absolute Gasteiger partial charge is 0.508 e. The van der Waals surface area contributed by atoms with E-state index in [9.17, 15) is 29.1 Å². The molecule has 1 N–H and O–H groups in total. The van der Waals surface area contributed by atoms with Gasteiger partial charge in [-0.1, -0.05) is 57.9 Å². The molecule has 0 aromatic heterocycles. The predicted octanol–water partition coefficient (Wildman–Crippen LogP) is 4.02. The van der Waals surface area contributed by atoms with Crippen molar-refractivity contribution in [1.29, 1.82) is 0 Å². The van der Waals surface area contributed by atoms with E-state index in [1.54, 1.807) is 24.3 Å². The van der Waals surface area contributed by atoms with Gasteiger partial charge in [-0.3, -0.25) is 24.1 Å². The Kier molecular flexibility index (Phi) is 5.91. The van der Waals surface area contributed by atoms with Crippen LogP contribution in [0.3, 0.4) is 0 Å². The van der Waals surface area contributed by atoms with Crippen LogP contribution in [0.1, 0.15) is 24.3 Å². The molecule has 0 spiro atoms. The fraction of sp³-hybridized carbons (Fsp3) is 0.370. The summed E-state index contributed by atoms with van der Waals surface area (Å²) < 4.78 is 4.67. The molecular weight excluding hydrogens is 615 g/mol. The molecule has 4 aliphatic rings. The van der Waals surface area contributed by atoms with Crippen LogP contribution in [0.2, 0.25) is 0 Å². The smallest absolute Gasteiger partial charge is 0.423 e. The Labute approximate surface area is 240 Å². The van der Waals surface area contributed by atoms with Gasteiger partial charge in [0.05, 0.1) is 24.4 Å². The van der Waals surface area contributed by atoms with E-state index in [-0.39, 0.29) is 24.0 Å². The van der Waals surface area contributed by atoms with Crippen molar-refractivity contribution in [2.24, 2.45) is 17.8 Å². The van der Waals surface area contributed by atoms with Crippen LogP contribution in [0.25, 0.3) is 10.8 Å². The van der Waals surface area contributed by atoms with Crippen molar-refractivity contribution in [3.63, 3.8) is 0 Å². The van der Waals surface area contributed by atoms with Crippen LogP contribution in [0, 0.1) is 17.8 Å². The van der Waals surface area contributed by atoms with E-state index in [0.29, 0.717) is 21.4 Å². The third-order valence-electron chi connectivity index (χ3n) is 8.61. The van der Waals surface area contributed by atoms with E-state index in [4.69, 9.17) is 23.2 Å². The summed E-state index contributed by atoms with van der Waals surface area (Å²) in [5, 5.41) is 12.6. The van der Waals surface area contributed by atoms with Gasteiger partial charge in [0.2, 0.25) is 11.8 Å². The number of aromatic hydroxyl groups is 1. The highest BCUT2D eigenvalue weighted by molar-refractivity contribution is 9.09. The van der Waals surface area contributed by atoms with Crippen LogP contribution in [0.5, 0.6) is 5.75 Å². The molecule has 39 heavy (non-hydrogen) atoms. The summed E-state index contributed by atoms with van der Waals surface area (Å²) >= 11 is 17.6. The Morgan fingerprint density at radius 1 is 1.08 bits per heavy atom. The summed E-state index contributed by atoms with van der Waals surface area (Å²) in [6, 6.07) is 10.4. The lowest BCUT2D eigenvalue weighted by molar-refractivity contribution is -0.140. The number of nitrogens with zero attached hydrogens (tertiary/aromatic N) is 2. The number of halogens is 3. The number of phenols is 1. The first-order valence-electron chi connectivity index (χ1n) is 12.2. The molecule has 6 atom stereocenters. The number of ether oxygens (including phenoxy) is 1. The SMILES string of the molecule is COC(=O)N1C(=O)C2CC=C3C(CC4(Cl)C(=O)N(CBr)C(=O)C4(Cl)C3c3c(O)ccc4ccccc34)C2C1=O. The Bertz CT molecular complexity index is 1550. The normalized spacial score (nSPS) is 33.7. The average Bonchev–Trinajstić information content (AvgIpc) is 3.26. The highest BCUT2D eigenvalue weighted by Crippen LogP contribution is 2.66. The van der Waals surface area contributed by atoms with Crippen LogP contribution >= 0.6 is 39.1 Å². The van der Waals surface area contributed by atoms with E-state index >= 15 is 0 Å². The quantitative estimate of drug-likeness (QED) is 0.229. The number of benzene rings is 2. The Hall–Kier alpha value is -2.95. The van der Waals surface area contributed by atoms with E-state index in [1.165, 1.54) is 6.07 Å². The lowest BCUT2D eigenvalue weighted by atomic mass is 9.56. The van der Waals surface area contributed by atoms with Crippen LogP contribution in [-0.4, -0.2) is 66.9 Å². The van der Waals surface area contributed by atoms with Crippen molar-refractivity contribution in [3.05, 3.63) is 53.6 Å². The maximum absolute atomic E-state index is 13.9. The Morgan fingerprint density at radius 3 is 2.49 bits per heavy atom. The van der Waals surface area contributed by atoms with Gasteiger partial charge in [-0.25, -0.2) is 4.79 Å². The number of methoxy groups -OCH3 is 1. The summed E-state index contributed by atoms with van der Waals surface area (Å²) in [6.45, 7) is 0. The number of likely N-dealkylation sites (tertiary alicyclic amines) is 2. The number of alkyl halides is 3. The number of allylic oxidation sites excluding steroid dienone is 2. The van der Waals surface area contributed by atoms with Gasteiger partial charge in [0.15, 0.2) is 9.75 Å². The Balaban J connectivity index is 1.63. The van der Waals surface area contributed by atoms with E-state index in [0.717, 1.165) is 17.4 Å². The maximum Gasteiger partial charge on any atom is 0.423 e. The van der Waals surface area contributed by atoms with E-state index in [1.807, 2.05) is 12.1 Å². The maximum atomic E-state index is 13.9. The molecule has 2 aromatic rings. The zero-order valence-corrected chi connectivity index (χ0v) is 23.5. The second-order valence-corrected chi connectivity index (χ2v) is 11.9. The van der Waals surface area contributed by atoms with Crippen molar-refractivity contribution < 1.29 is 33.8 Å². The molecule has 202 valence electrons. The molecule has 2 saturated heterocycles. The van der Waals surface area contributed by atoms with E-state index in [2.05, 4.69) is 20.7 Å². The van der Waals surface area contributed by atoms with Gasteiger partial charge in [-0.2, -0.15) is 4.90 Å². The van der Waals surface area contributed by atoms with Crippen LogP contribution in [0.15, 0.2) is 48.0 Å². The Morgan fingerprint density at radius 2 is 1.79 bits per heavy atom. The molecular formula is C27H21BrCl2N2O7. The average molecular weight is 636 g/mol. The minimum atomic E-state index is -2.05. The summed E-state index contributed by atoms with van der Waals surface area (Å²) in [5.74, 6) is -6.96. The van der Waals surface area contributed by atoms with Gasteiger partial charge >= 0.3 is 6.09 Å². The molecule has 0 bridgehead atoms. The number of amides is 5. The molecule has 6 unspecified atom stereocenters. The molecule has 12 heteroatoms. The topological polar surface area (TPSA) is 121 Å². The zero-order valence-electron chi connectivity index (χ0n) is 20.4. The zero-order chi connectivity index (χ0) is 28.0. The van der Waals surface area contributed by atoms with Crippen LogP contribution in [0.4, 0.5) is 4.79 Å². The number of hydrogen-bond acceptors (Lipinski definition) is 7. The number of phenolic OH excluding ortho intramolecular Hbond substituents is 1. The minimum Gasteiger partial charge on any atom is -0.508 e. The van der Waals surface area contributed by atoms with Gasteiger partial charge in [-0.05, 0) is 35.6 Å². The first-order valence-corrected chi connectivity index (χ1v) is 14.1. The second kappa shape index (κ2) is 8.78. The fourth-order valence-corrected chi connectivity index (χ4v) is 8.34. The number of hydrogen-bond donors (Lipinski definition) is 1. The first kappa shape index (κ1) is 26.3. The van der Waals surface area contributed by atoms with Crippen molar-refractivity contribution >= 4 is 79.6 Å². The third kappa shape index (κ3) is 3.16. The summed E-state index contributed by atoms with van der Waals surface area (Å²) in [5.41, 5.74) is 0.645. The number of imide groups is 4. The summed E-state index contributed by atoms with van der Waals surface area (Å²) in [4.78, 5) is 64.0. The highest BCUT2D eigenvalue weighted by atomic mass is 79.9. The lowest BCUT2D eigenvalue weighted by Gasteiger charge is -2.51. The van der Waals surface area contributed by atoms with Crippen molar-refractivity contribution in [2.45, 2.75) is 28.5 Å². The molecule has 6 rings (SSSR count). The van der Waals surface area contributed by atoms with E-state index < -0.39 is 63.1 Å². The third-order valence-corrected chi connectivity index (χ3v) is 10.5. The molecule has 5 amide bonds. The summed E-state index contributed by atoms with van der Waals surface area (Å²) in [6.07, 6.45) is 0.502. The molecule has 3 fully saturated rings. The summed E-state index contributed by atoms with van der Waals surface area (Å²) in [7, 11) is 1.07. The molecule has 9 nitrogen and oxygen atoms in total. The molecule has 0 radical (unpaired) electrons. The highest BCUT2D eigenvalue weighted by Gasteiger charge is 2.76. The van der Waals surface area contributed by atoms with Crippen molar-refractivity contribution in [1.82, 2.24) is 9.80 Å². The van der Waals surface area contributed by atoms with Crippen LogP contribution in [-0.2, 0) is 23.9 Å². The number of fused-ring (bicyclic) bond motifs is 5. The number of rotatable bonds is 2. The van der Waals surface area contributed by atoms with Gasteiger partial charge in [0, 0.05) is 11.5 Å². The molecule has 2 aromatic carbocycles. The first-order chi connectivity index (χ1) is 18.5. The monoisotopic (exact) mass is 634 g/mol. The standard InChI is InChI=1S/C27H21BrCl2N2O7/c1-39-25(38)32-21(34)15-8-7-14-16(18(15)22(32)35)10-26(29)23(36)31(11-28)24(37)27(26,30)20(14)19-13-5-3-2-4-12(13)6-9-17(19)33/h2-7,9,15-16,18,20,33H,8,10-11H2,1H3. The molecule has 1 saturated carbocycles. The van der Waals surface area contributed by atoms with Gasteiger partial charge < -0.3 is 9.84 Å². The van der Waals surface area contributed by atoms with Crippen LogP contribution < -0.4 is 0 Å². The van der Waals surface area contributed by atoms with Gasteiger partial charge in [0.25, 0.3) is 11.8 Å². The fourth-order valence-electron chi connectivity index (χ4n) is 6.93. The van der Waals surface area contributed by atoms with Gasteiger partial charge in [-0.15, -0.1) is 23.2 Å². The molecule has 2 heterocycles. The molecule has 2 aliphatic heterocycles. The van der Waals surface area contributed by atoms with Gasteiger partial charge in [0.1, 0.15) is 5.75 Å². The number of carbonyl (C=O) groups excluding carboxylic acids is 5. The molecule has 2 aliphatic carbocycles. The second-order valence-electron chi connectivity index (χ2n) is 10.2. The van der Waals surface area contributed by atoms with Crippen molar-refractivity contribution in [2.75, 3.05) is 12.6 Å². The predicted molar refractivity (Wildman–Crippen MR) is 143 cm³/mol. The van der Waals surface area contributed by atoms with Crippen molar-refractivity contribution in [3.8, 4) is 5.75 Å². The minimum absolute atomic E-state index is 0.0865. The number of carbonyl (C=O) groups is 5.